The highest BCUT2D eigenvalue weighted by Gasteiger charge is 2.17. The van der Waals surface area contributed by atoms with Crippen molar-refractivity contribution in [2.75, 3.05) is 11.9 Å². The van der Waals surface area contributed by atoms with E-state index in [1.165, 1.54) is 11.1 Å². The first kappa shape index (κ1) is 11.9. The molecule has 0 aliphatic carbocycles. The molecule has 0 aliphatic heterocycles. The second-order valence-electron chi connectivity index (χ2n) is 3.90. The summed E-state index contributed by atoms with van der Waals surface area (Å²) in [5.74, 6) is -0.189. The zero-order valence-corrected chi connectivity index (χ0v) is 10.2. The predicted molar refractivity (Wildman–Crippen MR) is 67.1 cm³/mol. The molecule has 0 N–H and O–H groups in total. The van der Waals surface area contributed by atoms with E-state index in [9.17, 15) is 4.79 Å². The molecule has 90 valence electrons. The number of nitriles is 1. The summed E-state index contributed by atoms with van der Waals surface area (Å²) in [7, 11) is 3.39. The first-order chi connectivity index (χ1) is 8.63. The topological polar surface area (TPSA) is 61.9 Å². The molecule has 1 heterocycles. The highest BCUT2D eigenvalue weighted by molar-refractivity contribution is 6.06. The maximum absolute atomic E-state index is 12.2. The Morgan fingerprint density at radius 2 is 2.17 bits per heavy atom. The van der Waals surface area contributed by atoms with Gasteiger partial charge in [-0.05, 0) is 12.1 Å². The molecular formula is C13H12N4O. The molecule has 0 spiro atoms. The van der Waals surface area contributed by atoms with Crippen LogP contribution in [0.25, 0.3) is 0 Å². The van der Waals surface area contributed by atoms with Crippen LogP contribution >= 0.6 is 0 Å². The van der Waals surface area contributed by atoms with Crippen molar-refractivity contribution in [2.24, 2.45) is 7.05 Å². The molecule has 0 saturated carbocycles. The number of aromatic nitrogens is 2. The quantitative estimate of drug-likeness (QED) is 0.800. The lowest BCUT2D eigenvalue weighted by atomic mass is 10.1. The predicted octanol–water partition coefficient (Wildman–Crippen LogP) is 1.57. The normalized spacial score (nSPS) is 9.83. The van der Waals surface area contributed by atoms with Crippen LogP contribution in [0, 0.1) is 11.3 Å². The standard InChI is InChI=1S/C13H12N4O/c1-16-9-11(8-15-16)13(18)17(2)12-6-4-3-5-10(12)7-14/h3-6,8-9H,1-2H3. The third-order valence-electron chi connectivity index (χ3n) is 2.64. The fourth-order valence-electron chi connectivity index (χ4n) is 1.70. The maximum atomic E-state index is 12.2. The van der Waals surface area contributed by atoms with Crippen LogP contribution in [0.15, 0.2) is 36.7 Å². The molecule has 5 heteroatoms. The molecule has 0 radical (unpaired) electrons. The lowest BCUT2D eigenvalue weighted by molar-refractivity contribution is 0.0993. The number of anilines is 1. The van der Waals surface area contributed by atoms with Gasteiger partial charge in [0, 0.05) is 20.3 Å². The van der Waals surface area contributed by atoms with Crippen LogP contribution in [0.5, 0.6) is 0 Å². The van der Waals surface area contributed by atoms with Crippen LogP contribution in [-0.2, 0) is 7.05 Å². The van der Waals surface area contributed by atoms with Crippen LogP contribution in [0.1, 0.15) is 15.9 Å². The molecule has 0 unspecified atom stereocenters. The van der Waals surface area contributed by atoms with Crippen molar-refractivity contribution < 1.29 is 4.79 Å². The summed E-state index contributed by atoms with van der Waals surface area (Å²) < 4.78 is 1.57. The van der Waals surface area contributed by atoms with Gasteiger partial charge >= 0.3 is 0 Å². The van der Waals surface area contributed by atoms with E-state index in [0.29, 0.717) is 16.8 Å². The monoisotopic (exact) mass is 240 g/mol. The zero-order valence-electron chi connectivity index (χ0n) is 10.2. The molecule has 18 heavy (non-hydrogen) atoms. The highest BCUT2D eigenvalue weighted by Crippen LogP contribution is 2.19. The summed E-state index contributed by atoms with van der Waals surface area (Å²) in [6.07, 6.45) is 3.15. The molecule has 1 aromatic heterocycles. The Morgan fingerprint density at radius 1 is 1.44 bits per heavy atom. The van der Waals surface area contributed by atoms with Gasteiger partial charge in [0.25, 0.3) is 5.91 Å². The Labute approximate surface area is 105 Å². The smallest absolute Gasteiger partial charge is 0.261 e. The van der Waals surface area contributed by atoms with E-state index in [1.54, 1.807) is 49.2 Å². The molecule has 2 aromatic rings. The number of hydrogen-bond acceptors (Lipinski definition) is 3. The summed E-state index contributed by atoms with van der Waals surface area (Å²) in [5.41, 5.74) is 1.55. The number of rotatable bonds is 2. The fraction of sp³-hybridized carbons (Fsp3) is 0.154. The van der Waals surface area contributed by atoms with Gasteiger partial charge in [-0.25, -0.2) is 0 Å². The van der Waals surface area contributed by atoms with Gasteiger partial charge in [0.15, 0.2) is 0 Å². The Morgan fingerprint density at radius 3 is 2.78 bits per heavy atom. The number of para-hydroxylation sites is 1. The summed E-state index contributed by atoms with van der Waals surface area (Å²) >= 11 is 0. The second kappa shape index (κ2) is 4.72. The highest BCUT2D eigenvalue weighted by atomic mass is 16.2. The number of aryl methyl sites for hydroxylation is 1. The number of carbonyl (C=O) groups excluding carboxylic acids is 1. The van der Waals surface area contributed by atoms with E-state index < -0.39 is 0 Å². The van der Waals surface area contributed by atoms with Gasteiger partial charge in [-0.1, -0.05) is 12.1 Å². The first-order valence-corrected chi connectivity index (χ1v) is 5.39. The molecule has 5 nitrogen and oxygen atoms in total. The average Bonchev–Trinajstić information content (AvgIpc) is 2.83. The number of nitrogens with zero attached hydrogens (tertiary/aromatic N) is 4. The Balaban J connectivity index is 2.34. The molecule has 0 fully saturated rings. The van der Waals surface area contributed by atoms with Crippen LogP contribution in [0.2, 0.25) is 0 Å². The number of hydrogen-bond donors (Lipinski definition) is 0. The average molecular weight is 240 g/mol. The van der Waals surface area contributed by atoms with Gasteiger partial charge in [0.05, 0.1) is 23.0 Å². The van der Waals surface area contributed by atoms with Crippen molar-refractivity contribution in [3.8, 4) is 6.07 Å². The largest absolute Gasteiger partial charge is 0.310 e. The molecule has 0 atom stereocenters. The number of amides is 1. The summed E-state index contributed by atoms with van der Waals surface area (Å²) in [4.78, 5) is 13.6. The van der Waals surface area contributed by atoms with E-state index in [-0.39, 0.29) is 5.91 Å². The lowest BCUT2D eigenvalue weighted by Crippen LogP contribution is -2.26. The molecule has 1 aromatic carbocycles. The van der Waals surface area contributed by atoms with Gasteiger partial charge in [0.1, 0.15) is 6.07 Å². The summed E-state index contributed by atoms with van der Waals surface area (Å²) in [6, 6.07) is 9.06. The molecule has 2 rings (SSSR count). The fourth-order valence-corrected chi connectivity index (χ4v) is 1.70. The van der Waals surface area contributed by atoms with Crippen molar-refractivity contribution in [3.63, 3.8) is 0 Å². The van der Waals surface area contributed by atoms with E-state index in [2.05, 4.69) is 11.2 Å². The molecular weight excluding hydrogens is 228 g/mol. The van der Waals surface area contributed by atoms with Gasteiger partial charge in [0.2, 0.25) is 0 Å². The van der Waals surface area contributed by atoms with E-state index >= 15 is 0 Å². The third kappa shape index (κ3) is 2.09. The first-order valence-electron chi connectivity index (χ1n) is 5.39. The summed E-state index contributed by atoms with van der Waals surface area (Å²) in [6.45, 7) is 0. The van der Waals surface area contributed by atoms with Gasteiger partial charge in [-0.15, -0.1) is 0 Å². The third-order valence-corrected chi connectivity index (χ3v) is 2.64. The van der Waals surface area contributed by atoms with Crippen LogP contribution in [0.3, 0.4) is 0 Å². The van der Waals surface area contributed by atoms with Crippen LogP contribution in [0.4, 0.5) is 5.69 Å². The van der Waals surface area contributed by atoms with Crippen molar-refractivity contribution >= 4 is 11.6 Å². The lowest BCUT2D eigenvalue weighted by Gasteiger charge is -2.17. The van der Waals surface area contributed by atoms with E-state index in [4.69, 9.17) is 5.26 Å². The maximum Gasteiger partial charge on any atom is 0.261 e. The van der Waals surface area contributed by atoms with Gasteiger partial charge in [-0.2, -0.15) is 10.4 Å². The van der Waals surface area contributed by atoms with Crippen molar-refractivity contribution in [1.82, 2.24) is 9.78 Å². The zero-order chi connectivity index (χ0) is 13.1. The Hall–Kier alpha value is -2.61. The van der Waals surface area contributed by atoms with Crippen molar-refractivity contribution in [3.05, 3.63) is 47.8 Å². The molecule has 0 saturated heterocycles. The Kier molecular flexibility index (Phi) is 3.11. The van der Waals surface area contributed by atoms with Gasteiger partial charge < -0.3 is 4.90 Å². The Bertz CT molecular complexity index is 624. The minimum atomic E-state index is -0.189. The number of benzene rings is 1. The van der Waals surface area contributed by atoms with E-state index in [0.717, 1.165) is 0 Å². The molecule has 0 bridgehead atoms. The SMILES string of the molecule is CN(C(=O)c1cnn(C)c1)c1ccccc1C#N. The molecule has 1 amide bonds. The van der Waals surface area contributed by atoms with Crippen molar-refractivity contribution in [2.45, 2.75) is 0 Å². The van der Waals surface area contributed by atoms with Gasteiger partial charge in [-0.3, -0.25) is 9.48 Å². The minimum Gasteiger partial charge on any atom is -0.310 e. The second-order valence-corrected chi connectivity index (χ2v) is 3.90. The summed E-state index contributed by atoms with van der Waals surface area (Å²) in [5, 5.41) is 13.0. The van der Waals surface area contributed by atoms with Crippen LogP contribution in [-0.4, -0.2) is 22.7 Å². The minimum absolute atomic E-state index is 0.189. The molecule has 0 aliphatic rings. The van der Waals surface area contributed by atoms with Crippen molar-refractivity contribution in [1.29, 1.82) is 5.26 Å². The number of carbonyl (C=O) groups is 1. The van der Waals surface area contributed by atoms with E-state index in [1.807, 2.05) is 0 Å². The van der Waals surface area contributed by atoms with Crippen LogP contribution < -0.4 is 4.90 Å².